The van der Waals surface area contributed by atoms with Crippen LogP contribution in [0.3, 0.4) is 0 Å². The number of aromatic amines is 1. The molecule has 0 amide bonds. The molecule has 0 unspecified atom stereocenters. The van der Waals surface area contributed by atoms with Crippen molar-refractivity contribution in [2.45, 2.75) is 12.8 Å². The Hall–Kier alpha value is -3.49. The van der Waals surface area contributed by atoms with Gasteiger partial charge in [-0.25, -0.2) is 9.48 Å². The molecule has 2 aromatic carbocycles. The molecule has 2 aromatic heterocycles. The third kappa shape index (κ3) is 4.65. The Morgan fingerprint density at radius 3 is 2.42 bits per heavy atom. The van der Waals surface area contributed by atoms with Gasteiger partial charge in [0.2, 0.25) is 0 Å². The summed E-state index contributed by atoms with van der Waals surface area (Å²) in [6, 6.07) is 13.1. The van der Waals surface area contributed by atoms with Crippen molar-refractivity contribution in [1.82, 2.24) is 24.5 Å². The first-order valence-electron chi connectivity index (χ1n) is 9.23. The number of nitrogens with one attached hydrogen (secondary N) is 1. The molecule has 0 aliphatic heterocycles. The van der Waals surface area contributed by atoms with E-state index in [-0.39, 0.29) is 12.2 Å². The van der Waals surface area contributed by atoms with Crippen LogP contribution in [0.15, 0.2) is 70.5 Å². The third-order valence-electron chi connectivity index (χ3n) is 4.61. The molecule has 8 nitrogen and oxygen atoms in total. The zero-order chi connectivity index (χ0) is 22.0. The second-order valence-corrected chi connectivity index (χ2v) is 7.52. The molecule has 0 bridgehead atoms. The van der Waals surface area contributed by atoms with Crippen LogP contribution in [0, 0.1) is 0 Å². The van der Waals surface area contributed by atoms with Crippen LogP contribution in [0.5, 0.6) is 0 Å². The maximum Gasteiger partial charge on any atom is 0.332 e. The molecule has 4 aromatic rings. The van der Waals surface area contributed by atoms with E-state index in [1.54, 1.807) is 53.3 Å². The van der Waals surface area contributed by atoms with Crippen molar-refractivity contribution >= 4 is 29.0 Å². The maximum absolute atomic E-state index is 12.4. The van der Waals surface area contributed by atoms with Gasteiger partial charge < -0.3 is 0 Å². The molecule has 0 aliphatic rings. The molecule has 0 saturated carbocycles. The van der Waals surface area contributed by atoms with Crippen LogP contribution in [0.25, 0.3) is 11.4 Å². The summed E-state index contributed by atoms with van der Waals surface area (Å²) in [7, 11) is 0. The second-order valence-electron chi connectivity index (χ2n) is 6.70. The van der Waals surface area contributed by atoms with Gasteiger partial charge >= 0.3 is 5.69 Å². The number of halogens is 2. The number of carbonyl (C=O) groups excluding carboxylic acids is 1. The van der Waals surface area contributed by atoms with Gasteiger partial charge in [-0.1, -0.05) is 28.4 Å². The van der Waals surface area contributed by atoms with E-state index in [9.17, 15) is 14.4 Å². The lowest BCUT2D eigenvalue weighted by molar-refractivity contribution is 0.0982. The standard InChI is InChI=1S/C21H15Cl2N5O3/c22-17-7-1-13(11-18(17)23)19(29)8-2-14-12-28(26-25-14)16-5-3-15(4-6-16)27-10-9-20(30)24-21(27)31/h1,3-7,9-12H,2,8H2,(H,24,30,31). The van der Waals surface area contributed by atoms with Crippen molar-refractivity contribution in [3.05, 3.63) is 103 Å². The highest BCUT2D eigenvalue weighted by Crippen LogP contribution is 2.23. The summed E-state index contributed by atoms with van der Waals surface area (Å²) in [5, 5.41) is 8.95. The van der Waals surface area contributed by atoms with Gasteiger partial charge in [0.1, 0.15) is 0 Å². The SMILES string of the molecule is O=C(CCc1cn(-c2ccc(-n3ccc(=O)[nH]c3=O)cc2)nn1)c1ccc(Cl)c(Cl)c1. The first-order chi connectivity index (χ1) is 14.9. The van der Waals surface area contributed by atoms with E-state index in [0.29, 0.717) is 33.4 Å². The fraction of sp³-hybridized carbons (Fsp3) is 0.0952. The molecular weight excluding hydrogens is 441 g/mol. The number of Topliss-reactive ketones (excluding diaryl/α,β-unsaturated/α-hetero) is 1. The first kappa shape index (κ1) is 20.8. The number of ketones is 1. The largest absolute Gasteiger partial charge is 0.332 e. The van der Waals surface area contributed by atoms with Crippen molar-refractivity contribution < 1.29 is 4.79 Å². The summed E-state index contributed by atoms with van der Waals surface area (Å²) < 4.78 is 2.91. The van der Waals surface area contributed by atoms with Crippen LogP contribution in [0.4, 0.5) is 0 Å². The van der Waals surface area contributed by atoms with Crippen molar-refractivity contribution in [3.8, 4) is 11.4 Å². The highest BCUT2D eigenvalue weighted by atomic mass is 35.5. The highest BCUT2D eigenvalue weighted by Gasteiger charge is 2.11. The summed E-state index contributed by atoms with van der Waals surface area (Å²) >= 11 is 11.9. The zero-order valence-corrected chi connectivity index (χ0v) is 17.5. The van der Waals surface area contributed by atoms with E-state index in [0.717, 1.165) is 5.69 Å². The first-order valence-corrected chi connectivity index (χ1v) is 9.98. The van der Waals surface area contributed by atoms with Gasteiger partial charge in [0.05, 0.1) is 33.3 Å². The predicted octanol–water partition coefficient (Wildman–Crippen LogP) is 3.23. The Bertz CT molecular complexity index is 1370. The molecule has 2 heterocycles. The normalized spacial score (nSPS) is 10.9. The minimum Gasteiger partial charge on any atom is -0.294 e. The number of hydrogen-bond donors (Lipinski definition) is 1. The molecular formula is C21H15Cl2N5O3. The average Bonchev–Trinajstić information content (AvgIpc) is 3.23. The topological polar surface area (TPSA) is 103 Å². The minimum absolute atomic E-state index is 0.0659. The number of aromatic nitrogens is 5. The number of H-pyrrole nitrogens is 1. The van der Waals surface area contributed by atoms with Gasteiger partial charge in [0.15, 0.2) is 5.78 Å². The summed E-state index contributed by atoms with van der Waals surface area (Å²) in [6.07, 6.45) is 3.83. The van der Waals surface area contributed by atoms with Crippen LogP contribution >= 0.6 is 23.2 Å². The highest BCUT2D eigenvalue weighted by molar-refractivity contribution is 6.42. The lowest BCUT2D eigenvalue weighted by Gasteiger charge is -2.06. The van der Waals surface area contributed by atoms with Crippen molar-refractivity contribution in [2.75, 3.05) is 0 Å². The molecule has 4 rings (SSSR count). The Balaban J connectivity index is 1.44. The van der Waals surface area contributed by atoms with E-state index in [1.807, 2.05) is 0 Å². The van der Waals surface area contributed by atoms with Gasteiger partial charge in [0, 0.05) is 30.7 Å². The lowest BCUT2D eigenvalue weighted by atomic mass is 10.1. The smallest absolute Gasteiger partial charge is 0.294 e. The quantitative estimate of drug-likeness (QED) is 0.449. The Kier molecular flexibility index (Phi) is 5.83. The molecule has 0 radical (unpaired) electrons. The van der Waals surface area contributed by atoms with Crippen molar-refractivity contribution in [3.63, 3.8) is 0 Å². The molecule has 0 spiro atoms. The minimum atomic E-state index is -0.519. The van der Waals surface area contributed by atoms with Crippen LogP contribution in [0.2, 0.25) is 10.0 Å². The molecule has 156 valence electrons. The molecule has 1 N–H and O–H groups in total. The number of nitrogens with zero attached hydrogens (tertiary/aromatic N) is 4. The van der Waals surface area contributed by atoms with Crippen LogP contribution in [-0.4, -0.2) is 30.3 Å². The molecule has 0 saturated heterocycles. The molecule has 10 heteroatoms. The summed E-state index contributed by atoms with van der Waals surface area (Å²) in [5.74, 6) is -0.0659. The number of aryl methyl sites for hydroxylation is 1. The van der Waals surface area contributed by atoms with E-state index in [2.05, 4.69) is 15.3 Å². The van der Waals surface area contributed by atoms with Crippen LogP contribution in [0.1, 0.15) is 22.5 Å². The van der Waals surface area contributed by atoms with E-state index in [1.165, 1.54) is 16.8 Å². The predicted molar refractivity (Wildman–Crippen MR) is 117 cm³/mol. The second kappa shape index (κ2) is 8.71. The number of rotatable bonds is 6. The van der Waals surface area contributed by atoms with Crippen LogP contribution in [-0.2, 0) is 6.42 Å². The summed E-state index contributed by atoms with van der Waals surface area (Å²) in [4.78, 5) is 37.7. The summed E-state index contributed by atoms with van der Waals surface area (Å²) in [6.45, 7) is 0. The van der Waals surface area contributed by atoms with Gasteiger partial charge in [-0.05, 0) is 42.5 Å². The van der Waals surface area contributed by atoms with Gasteiger partial charge in [-0.3, -0.25) is 19.1 Å². The molecule has 0 aliphatic carbocycles. The average molecular weight is 456 g/mol. The van der Waals surface area contributed by atoms with Crippen LogP contribution < -0.4 is 11.2 Å². The maximum atomic E-state index is 12.4. The van der Waals surface area contributed by atoms with Gasteiger partial charge in [0.25, 0.3) is 5.56 Å². The number of carbonyl (C=O) groups is 1. The number of hydrogen-bond acceptors (Lipinski definition) is 5. The van der Waals surface area contributed by atoms with E-state index in [4.69, 9.17) is 23.2 Å². The van der Waals surface area contributed by atoms with Crippen molar-refractivity contribution in [1.29, 1.82) is 0 Å². The third-order valence-corrected chi connectivity index (χ3v) is 5.35. The van der Waals surface area contributed by atoms with E-state index < -0.39 is 11.2 Å². The molecule has 31 heavy (non-hydrogen) atoms. The van der Waals surface area contributed by atoms with Gasteiger partial charge in [-0.2, -0.15) is 0 Å². The molecule has 0 fully saturated rings. The fourth-order valence-electron chi connectivity index (χ4n) is 2.98. The Morgan fingerprint density at radius 1 is 0.968 bits per heavy atom. The summed E-state index contributed by atoms with van der Waals surface area (Å²) in [5.41, 5.74) is 1.51. The fourth-order valence-corrected chi connectivity index (χ4v) is 3.28. The number of benzene rings is 2. The lowest BCUT2D eigenvalue weighted by Crippen LogP contribution is -2.27. The Morgan fingerprint density at radius 2 is 1.71 bits per heavy atom. The zero-order valence-electron chi connectivity index (χ0n) is 16.0. The van der Waals surface area contributed by atoms with Crippen molar-refractivity contribution in [2.24, 2.45) is 0 Å². The van der Waals surface area contributed by atoms with Gasteiger partial charge in [-0.15, -0.1) is 5.10 Å². The Labute approximate surface area is 185 Å². The monoisotopic (exact) mass is 455 g/mol. The van der Waals surface area contributed by atoms with E-state index >= 15 is 0 Å². The molecule has 0 atom stereocenters.